The van der Waals surface area contributed by atoms with Gasteiger partial charge in [-0.15, -0.1) is 0 Å². The molecule has 0 saturated heterocycles. The molecule has 0 bridgehead atoms. The number of hydrogen-bond donors (Lipinski definition) is 1. The number of ether oxygens (including phenoxy) is 1. The van der Waals surface area contributed by atoms with Crippen LogP contribution in [0.2, 0.25) is 0 Å². The van der Waals surface area contributed by atoms with Gasteiger partial charge in [-0.3, -0.25) is 4.79 Å². The van der Waals surface area contributed by atoms with E-state index in [4.69, 9.17) is 5.73 Å². The van der Waals surface area contributed by atoms with Gasteiger partial charge in [0.25, 0.3) is 6.43 Å². The molecule has 0 aliphatic carbocycles. The Bertz CT molecular complexity index is 488. The molecule has 9 heteroatoms. The van der Waals surface area contributed by atoms with Crippen LogP contribution < -0.4 is 5.73 Å². The van der Waals surface area contributed by atoms with Crippen molar-refractivity contribution in [3.8, 4) is 0 Å². The number of methoxy groups -OCH3 is 1. The van der Waals surface area contributed by atoms with Gasteiger partial charge in [-0.05, 0) is 11.6 Å². The Morgan fingerprint density at radius 1 is 1.47 bits per heavy atom. The Morgan fingerprint density at radius 3 is 2.47 bits per heavy atom. The van der Waals surface area contributed by atoms with Crippen LogP contribution in [0.5, 0.6) is 0 Å². The summed E-state index contributed by atoms with van der Waals surface area (Å²) < 4.78 is 66.9. The number of nitrogens with two attached hydrogens (primary N) is 1. The van der Waals surface area contributed by atoms with Gasteiger partial charge in [-0.1, -0.05) is 0 Å². The average Bonchev–Trinajstić information content (AvgIpc) is 2.29. The Labute approximate surface area is 104 Å². The van der Waals surface area contributed by atoms with Crippen molar-refractivity contribution < 1.29 is 31.5 Å². The molecule has 0 amide bonds. The Kier molecular flexibility index (Phi) is 4.28. The van der Waals surface area contributed by atoms with Gasteiger partial charge in [-0.2, -0.15) is 13.2 Å². The molecule has 106 valence electrons. The molecule has 2 N–H and O–H groups in total. The smallest absolute Gasteiger partial charge is 0.433 e. The van der Waals surface area contributed by atoms with E-state index in [0.29, 0.717) is 6.07 Å². The van der Waals surface area contributed by atoms with Gasteiger partial charge in [0.2, 0.25) is 0 Å². The normalized spacial score (nSPS) is 11.7. The highest BCUT2D eigenvalue weighted by Gasteiger charge is 2.35. The molecular weight excluding hydrogens is 275 g/mol. The van der Waals surface area contributed by atoms with Crippen LogP contribution >= 0.6 is 0 Å². The summed E-state index contributed by atoms with van der Waals surface area (Å²) in [6.45, 7) is 0. The molecule has 1 heterocycles. The van der Waals surface area contributed by atoms with E-state index in [0.717, 1.165) is 7.11 Å². The first-order chi connectivity index (χ1) is 8.66. The number of esters is 1. The summed E-state index contributed by atoms with van der Waals surface area (Å²) in [5, 5.41) is 0. The second-order valence-corrected chi connectivity index (χ2v) is 3.52. The van der Waals surface area contributed by atoms with E-state index >= 15 is 0 Å². The van der Waals surface area contributed by atoms with E-state index in [1.807, 2.05) is 0 Å². The largest absolute Gasteiger partial charge is 0.469 e. The van der Waals surface area contributed by atoms with Crippen LogP contribution in [0, 0.1) is 0 Å². The standard InChI is InChI=1S/C10H9F5N2O2/c1-19-6(18)3-4-2-5(10(13,14)15)17-8(7(4)16)9(11)12/h2,9H,3,16H2,1H3. The molecule has 1 aromatic heterocycles. The highest BCUT2D eigenvalue weighted by atomic mass is 19.4. The van der Waals surface area contributed by atoms with Gasteiger partial charge in [-0.25, -0.2) is 13.8 Å². The van der Waals surface area contributed by atoms with Crippen LogP contribution in [0.15, 0.2) is 6.07 Å². The fraction of sp³-hybridized carbons (Fsp3) is 0.400. The molecule has 0 aliphatic rings. The fourth-order valence-electron chi connectivity index (χ4n) is 1.32. The third-order valence-electron chi connectivity index (χ3n) is 2.23. The molecule has 0 atom stereocenters. The van der Waals surface area contributed by atoms with Crippen molar-refractivity contribution in [1.29, 1.82) is 0 Å². The molecule has 1 rings (SSSR count). The molecule has 0 saturated carbocycles. The molecule has 4 nitrogen and oxygen atoms in total. The predicted molar refractivity (Wildman–Crippen MR) is 54.3 cm³/mol. The lowest BCUT2D eigenvalue weighted by Crippen LogP contribution is -2.15. The first-order valence-electron chi connectivity index (χ1n) is 4.88. The second-order valence-electron chi connectivity index (χ2n) is 3.52. The molecule has 0 unspecified atom stereocenters. The van der Waals surface area contributed by atoms with Crippen molar-refractivity contribution in [1.82, 2.24) is 4.98 Å². The quantitative estimate of drug-likeness (QED) is 0.683. The number of carbonyl (C=O) groups is 1. The maximum absolute atomic E-state index is 12.6. The van der Waals surface area contributed by atoms with Crippen molar-refractivity contribution in [2.45, 2.75) is 19.0 Å². The number of rotatable bonds is 3. The number of aromatic nitrogens is 1. The summed E-state index contributed by atoms with van der Waals surface area (Å²) in [5.41, 5.74) is 1.51. The van der Waals surface area contributed by atoms with E-state index in [1.54, 1.807) is 0 Å². The van der Waals surface area contributed by atoms with Crippen LogP contribution in [0.3, 0.4) is 0 Å². The van der Waals surface area contributed by atoms with E-state index in [-0.39, 0.29) is 0 Å². The first kappa shape index (κ1) is 15.1. The second kappa shape index (κ2) is 5.37. The van der Waals surface area contributed by atoms with Gasteiger partial charge in [0.05, 0.1) is 19.2 Å². The first-order valence-corrected chi connectivity index (χ1v) is 4.88. The lowest BCUT2D eigenvalue weighted by molar-refractivity contribution is -0.142. The van der Waals surface area contributed by atoms with E-state index in [2.05, 4.69) is 9.72 Å². The number of carbonyl (C=O) groups excluding carboxylic acids is 1. The van der Waals surface area contributed by atoms with Crippen molar-refractivity contribution in [3.05, 3.63) is 23.0 Å². The topological polar surface area (TPSA) is 65.2 Å². The monoisotopic (exact) mass is 284 g/mol. The SMILES string of the molecule is COC(=O)Cc1cc(C(F)(F)F)nc(C(F)F)c1N. The maximum Gasteiger partial charge on any atom is 0.433 e. The number of hydrogen-bond acceptors (Lipinski definition) is 4. The van der Waals surface area contributed by atoms with Gasteiger partial charge in [0, 0.05) is 0 Å². The van der Waals surface area contributed by atoms with Crippen molar-refractivity contribution in [2.75, 3.05) is 12.8 Å². The van der Waals surface area contributed by atoms with E-state index in [9.17, 15) is 26.7 Å². The number of pyridine rings is 1. The van der Waals surface area contributed by atoms with E-state index < -0.39 is 47.6 Å². The molecular formula is C10H9F5N2O2. The molecule has 19 heavy (non-hydrogen) atoms. The fourth-order valence-corrected chi connectivity index (χ4v) is 1.32. The lowest BCUT2D eigenvalue weighted by Gasteiger charge is -2.13. The number of alkyl halides is 5. The Hall–Kier alpha value is -1.93. The number of halogens is 5. The van der Waals surface area contributed by atoms with Crippen LogP contribution in [0.1, 0.15) is 23.4 Å². The highest BCUT2D eigenvalue weighted by Crippen LogP contribution is 2.34. The lowest BCUT2D eigenvalue weighted by atomic mass is 10.1. The predicted octanol–water partition coefficient (Wildman–Crippen LogP) is 2.34. The van der Waals surface area contributed by atoms with Gasteiger partial charge < -0.3 is 10.5 Å². The minimum absolute atomic E-state index is 0.399. The maximum atomic E-state index is 12.6. The zero-order chi connectivity index (χ0) is 14.8. The third kappa shape index (κ3) is 3.52. The van der Waals surface area contributed by atoms with Crippen LogP contribution in [0.4, 0.5) is 27.6 Å². The molecule has 0 fully saturated rings. The van der Waals surface area contributed by atoms with Gasteiger partial charge in [0.1, 0.15) is 11.4 Å². The summed E-state index contributed by atoms with van der Waals surface area (Å²) in [6, 6.07) is 0.456. The summed E-state index contributed by atoms with van der Waals surface area (Å²) >= 11 is 0. The van der Waals surface area contributed by atoms with Crippen molar-refractivity contribution >= 4 is 11.7 Å². The summed E-state index contributed by atoms with van der Waals surface area (Å²) in [5.74, 6) is -0.897. The van der Waals surface area contributed by atoms with Gasteiger partial charge >= 0.3 is 12.1 Å². The highest BCUT2D eigenvalue weighted by molar-refractivity contribution is 5.75. The number of nitrogen functional groups attached to an aromatic ring is 1. The summed E-state index contributed by atoms with van der Waals surface area (Å²) in [4.78, 5) is 13.8. The van der Waals surface area contributed by atoms with Gasteiger partial charge in [0.15, 0.2) is 0 Å². The zero-order valence-electron chi connectivity index (χ0n) is 9.59. The van der Waals surface area contributed by atoms with Crippen molar-refractivity contribution in [2.24, 2.45) is 0 Å². The number of nitrogens with zero attached hydrogens (tertiary/aromatic N) is 1. The summed E-state index contributed by atoms with van der Waals surface area (Å²) in [7, 11) is 1.01. The van der Waals surface area contributed by atoms with Crippen molar-refractivity contribution in [3.63, 3.8) is 0 Å². The Morgan fingerprint density at radius 2 is 2.05 bits per heavy atom. The average molecular weight is 284 g/mol. The Balaban J connectivity index is 3.36. The van der Waals surface area contributed by atoms with Crippen LogP contribution in [-0.2, 0) is 22.1 Å². The van der Waals surface area contributed by atoms with Crippen LogP contribution in [-0.4, -0.2) is 18.1 Å². The van der Waals surface area contributed by atoms with Crippen LogP contribution in [0.25, 0.3) is 0 Å². The molecule has 0 aliphatic heterocycles. The molecule has 0 aromatic carbocycles. The third-order valence-corrected chi connectivity index (χ3v) is 2.23. The summed E-state index contributed by atoms with van der Waals surface area (Å²) in [6.07, 6.45) is -8.84. The molecule has 1 aromatic rings. The number of anilines is 1. The molecule has 0 radical (unpaired) electrons. The molecule has 0 spiro atoms. The minimum atomic E-state index is -4.91. The minimum Gasteiger partial charge on any atom is -0.469 e. The zero-order valence-corrected chi connectivity index (χ0v) is 9.59. The van der Waals surface area contributed by atoms with E-state index in [1.165, 1.54) is 0 Å².